The van der Waals surface area contributed by atoms with Crippen LogP contribution in [-0.2, 0) is 24.2 Å². The zero-order chi connectivity index (χ0) is 8.39. The lowest BCUT2D eigenvalue weighted by atomic mass is 10.1. The molecule has 1 aliphatic rings. The molecule has 1 aliphatic heterocycles. The molecule has 0 radical (unpaired) electrons. The van der Waals surface area contributed by atoms with Gasteiger partial charge in [-0.15, -0.1) is 0 Å². The number of nitrogens with two attached hydrogens (primary N) is 1. The van der Waals surface area contributed by atoms with Crippen LogP contribution in [0, 0.1) is 0 Å². The average Bonchev–Trinajstić information content (AvgIpc) is 2.50. The van der Waals surface area contributed by atoms with E-state index in [-0.39, 0.29) is 0 Å². The summed E-state index contributed by atoms with van der Waals surface area (Å²) >= 11 is 0. The Bertz CT molecular complexity index is 270. The highest BCUT2D eigenvalue weighted by molar-refractivity contribution is 5.24. The van der Waals surface area contributed by atoms with Crippen molar-refractivity contribution in [2.24, 2.45) is 5.73 Å². The molecular weight excluding hydrogens is 156 g/mol. The predicted molar refractivity (Wildman–Crippen MR) is 42.6 cm³/mol. The molecule has 4 nitrogen and oxygen atoms in total. The van der Waals surface area contributed by atoms with Gasteiger partial charge in [0.05, 0.1) is 18.9 Å². The van der Waals surface area contributed by atoms with Crippen LogP contribution in [0.4, 0.5) is 0 Å². The lowest BCUT2D eigenvalue weighted by Crippen LogP contribution is -2.11. The lowest BCUT2D eigenvalue weighted by molar-refractivity contribution is 0.109. The van der Waals surface area contributed by atoms with Crippen LogP contribution in [0.3, 0.4) is 0 Å². The predicted octanol–water partition coefficient (Wildman–Crippen LogP) is 0.248. The van der Waals surface area contributed by atoms with Crippen LogP contribution in [0.15, 0.2) is 4.52 Å². The maximum Gasteiger partial charge on any atom is 0.143 e. The molecule has 4 heteroatoms. The molecule has 0 atom stereocenters. The minimum Gasteiger partial charge on any atom is -0.376 e. The van der Waals surface area contributed by atoms with Crippen molar-refractivity contribution in [2.75, 3.05) is 13.2 Å². The summed E-state index contributed by atoms with van der Waals surface area (Å²) in [5.41, 5.74) is 7.59. The fraction of sp³-hybridized carbons (Fsp3) is 0.625. The van der Waals surface area contributed by atoms with Crippen LogP contribution in [0.25, 0.3) is 0 Å². The molecule has 0 aromatic carbocycles. The Morgan fingerprint density at radius 2 is 2.42 bits per heavy atom. The van der Waals surface area contributed by atoms with E-state index in [9.17, 15) is 0 Å². The molecule has 0 bridgehead atoms. The molecule has 2 rings (SSSR count). The van der Waals surface area contributed by atoms with Gasteiger partial charge in [0, 0.05) is 18.4 Å². The van der Waals surface area contributed by atoms with Crippen molar-refractivity contribution in [3.05, 3.63) is 17.0 Å². The molecule has 2 heterocycles. The van der Waals surface area contributed by atoms with Crippen molar-refractivity contribution in [2.45, 2.75) is 19.4 Å². The van der Waals surface area contributed by atoms with Crippen molar-refractivity contribution in [3.63, 3.8) is 0 Å². The molecule has 0 saturated heterocycles. The first-order valence-electron chi connectivity index (χ1n) is 4.16. The Kier molecular flexibility index (Phi) is 2.10. The summed E-state index contributed by atoms with van der Waals surface area (Å²) in [6.07, 6.45) is 1.62. The van der Waals surface area contributed by atoms with E-state index in [0.717, 1.165) is 36.5 Å². The lowest BCUT2D eigenvalue weighted by Gasteiger charge is -2.09. The van der Waals surface area contributed by atoms with E-state index in [1.807, 2.05) is 0 Å². The topological polar surface area (TPSA) is 61.3 Å². The Hall–Kier alpha value is -0.870. The molecule has 0 amide bonds. The standard InChI is InChI=1S/C8H12N2O2/c9-3-1-8-6-5-11-4-2-7(6)10-12-8/h1-5,9H2. The van der Waals surface area contributed by atoms with E-state index in [1.54, 1.807) is 0 Å². The maximum absolute atomic E-state index is 5.42. The number of hydrogen-bond donors (Lipinski definition) is 1. The van der Waals surface area contributed by atoms with Gasteiger partial charge in [0.1, 0.15) is 5.76 Å². The average molecular weight is 168 g/mol. The highest BCUT2D eigenvalue weighted by atomic mass is 16.5. The summed E-state index contributed by atoms with van der Waals surface area (Å²) in [7, 11) is 0. The van der Waals surface area contributed by atoms with E-state index in [0.29, 0.717) is 13.2 Å². The van der Waals surface area contributed by atoms with E-state index in [4.69, 9.17) is 15.0 Å². The van der Waals surface area contributed by atoms with Gasteiger partial charge in [-0.05, 0) is 6.54 Å². The van der Waals surface area contributed by atoms with Crippen LogP contribution < -0.4 is 5.73 Å². The second-order valence-electron chi connectivity index (χ2n) is 2.87. The number of fused-ring (bicyclic) bond motifs is 1. The van der Waals surface area contributed by atoms with Gasteiger partial charge in [0.15, 0.2) is 0 Å². The normalized spacial score (nSPS) is 16.1. The smallest absolute Gasteiger partial charge is 0.143 e. The molecule has 0 saturated carbocycles. The molecule has 2 N–H and O–H groups in total. The monoisotopic (exact) mass is 168 g/mol. The van der Waals surface area contributed by atoms with Gasteiger partial charge in [0.2, 0.25) is 0 Å². The van der Waals surface area contributed by atoms with Crippen LogP contribution in [0.1, 0.15) is 17.0 Å². The summed E-state index contributed by atoms with van der Waals surface area (Å²) in [5.74, 6) is 0.896. The number of aromatic nitrogens is 1. The van der Waals surface area contributed by atoms with Gasteiger partial charge in [0.25, 0.3) is 0 Å². The molecule has 1 aromatic heterocycles. The SMILES string of the molecule is NCCc1onc2c1COCC2. The Morgan fingerprint density at radius 1 is 1.50 bits per heavy atom. The summed E-state index contributed by atoms with van der Waals surface area (Å²) in [4.78, 5) is 0. The summed E-state index contributed by atoms with van der Waals surface area (Å²) < 4.78 is 10.4. The van der Waals surface area contributed by atoms with E-state index in [1.165, 1.54) is 0 Å². The third kappa shape index (κ3) is 1.23. The maximum atomic E-state index is 5.42. The molecule has 0 aliphatic carbocycles. The molecule has 0 spiro atoms. The van der Waals surface area contributed by atoms with Gasteiger partial charge in [-0.1, -0.05) is 5.16 Å². The van der Waals surface area contributed by atoms with Crippen molar-refractivity contribution < 1.29 is 9.26 Å². The van der Waals surface area contributed by atoms with Crippen molar-refractivity contribution >= 4 is 0 Å². The molecule has 0 unspecified atom stereocenters. The Balaban J connectivity index is 2.25. The van der Waals surface area contributed by atoms with Crippen LogP contribution >= 0.6 is 0 Å². The fourth-order valence-electron chi connectivity index (χ4n) is 1.41. The fourth-order valence-corrected chi connectivity index (χ4v) is 1.41. The number of rotatable bonds is 2. The molecule has 0 fully saturated rings. The Labute approximate surface area is 70.7 Å². The van der Waals surface area contributed by atoms with E-state index >= 15 is 0 Å². The van der Waals surface area contributed by atoms with Gasteiger partial charge >= 0.3 is 0 Å². The van der Waals surface area contributed by atoms with Crippen LogP contribution in [0.5, 0.6) is 0 Å². The zero-order valence-electron chi connectivity index (χ0n) is 6.88. The van der Waals surface area contributed by atoms with Crippen molar-refractivity contribution in [1.29, 1.82) is 0 Å². The molecule has 1 aromatic rings. The minimum atomic E-state index is 0.599. The molecular formula is C8H12N2O2. The zero-order valence-corrected chi connectivity index (χ0v) is 6.88. The van der Waals surface area contributed by atoms with Crippen LogP contribution in [0.2, 0.25) is 0 Å². The first-order valence-corrected chi connectivity index (χ1v) is 4.16. The first kappa shape index (κ1) is 7.76. The quantitative estimate of drug-likeness (QED) is 0.687. The van der Waals surface area contributed by atoms with E-state index in [2.05, 4.69) is 5.16 Å². The van der Waals surface area contributed by atoms with Gasteiger partial charge < -0.3 is 15.0 Å². The third-order valence-electron chi connectivity index (χ3n) is 2.05. The summed E-state index contributed by atoms with van der Waals surface area (Å²) in [5, 5.41) is 3.96. The number of hydrogen-bond acceptors (Lipinski definition) is 4. The highest BCUT2D eigenvalue weighted by Gasteiger charge is 2.18. The van der Waals surface area contributed by atoms with Gasteiger partial charge in [-0.3, -0.25) is 0 Å². The number of ether oxygens (including phenoxy) is 1. The number of nitrogens with zero attached hydrogens (tertiary/aromatic N) is 1. The van der Waals surface area contributed by atoms with Crippen LogP contribution in [-0.4, -0.2) is 18.3 Å². The summed E-state index contributed by atoms with van der Waals surface area (Å²) in [6.45, 7) is 1.98. The minimum absolute atomic E-state index is 0.599. The second-order valence-corrected chi connectivity index (χ2v) is 2.87. The van der Waals surface area contributed by atoms with Crippen molar-refractivity contribution in [1.82, 2.24) is 5.16 Å². The first-order chi connectivity index (χ1) is 5.92. The second kappa shape index (κ2) is 3.25. The van der Waals surface area contributed by atoms with E-state index < -0.39 is 0 Å². The highest BCUT2D eigenvalue weighted by Crippen LogP contribution is 2.19. The molecule has 66 valence electrons. The summed E-state index contributed by atoms with van der Waals surface area (Å²) in [6, 6.07) is 0. The van der Waals surface area contributed by atoms with Crippen molar-refractivity contribution in [3.8, 4) is 0 Å². The third-order valence-corrected chi connectivity index (χ3v) is 2.05. The Morgan fingerprint density at radius 3 is 3.25 bits per heavy atom. The largest absolute Gasteiger partial charge is 0.376 e. The van der Waals surface area contributed by atoms with Gasteiger partial charge in [-0.25, -0.2) is 0 Å². The molecule has 12 heavy (non-hydrogen) atoms. The van der Waals surface area contributed by atoms with Gasteiger partial charge in [-0.2, -0.15) is 0 Å².